The highest BCUT2D eigenvalue weighted by molar-refractivity contribution is 6.31. The predicted octanol–water partition coefficient (Wildman–Crippen LogP) is 4.33. The third-order valence-corrected chi connectivity index (χ3v) is 2.90. The highest BCUT2D eigenvalue weighted by atomic mass is 35.5. The number of para-hydroxylation sites is 1. The van der Waals surface area contributed by atoms with E-state index in [0.29, 0.717) is 17.9 Å². The van der Waals surface area contributed by atoms with Crippen molar-refractivity contribution in [2.75, 3.05) is 6.61 Å². The number of rotatable bonds is 4. The normalized spacial score (nSPS) is 10.9. The summed E-state index contributed by atoms with van der Waals surface area (Å²) in [5.74, 6) is -0.255. The molecule has 20 heavy (non-hydrogen) atoms. The maximum Gasteiger partial charge on any atom is 0.167 e. The standard InChI is InChI=1S/C15H13ClFNO2/c1-2-20-13-8-3-5-10(15(13)19)9-18-12-7-4-6-11(16)14(12)17/h3-9,19H,2H2,1H3. The average molecular weight is 294 g/mol. The van der Waals surface area contributed by atoms with Crippen LogP contribution in [-0.4, -0.2) is 17.9 Å². The van der Waals surface area contributed by atoms with Crippen molar-refractivity contribution in [1.29, 1.82) is 0 Å². The second kappa shape index (κ2) is 6.39. The van der Waals surface area contributed by atoms with Crippen LogP contribution in [0.3, 0.4) is 0 Å². The van der Waals surface area contributed by atoms with Crippen molar-refractivity contribution >= 4 is 23.5 Å². The van der Waals surface area contributed by atoms with E-state index in [2.05, 4.69) is 4.99 Å². The fraction of sp³-hybridized carbons (Fsp3) is 0.133. The van der Waals surface area contributed by atoms with E-state index < -0.39 is 5.82 Å². The minimum Gasteiger partial charge on any atom is -0.504 e. The number of nitrogens with zero attached hydrogens (tertiary/aromatic N) is 1. The van der Waals surface area contributed by atoms with Gasteiger partial charge in [-0.15, -0.1) is 0 Å². The van der Waals surface area contributed by atoms with E-state index in [1.54, 1.807) is 24.3 Å². The molecule has 3 nitrogen and oxygen atoms in total. The topological polar surface area (TPSA) is 41.8 Å². The SMILES string of the molecule is CCOc1cccc(C=Nc2cccc(Cl)c2F)c1O. The van der Waals surface area contributed by atoms with Gasteiger partial charge in [0.15, 0.2) is 17.3 Å². The third kappa shape index (κ3) is 3.08. The number of halogens is 2. The molecule has 2 aromatic carbocycles. The Morgan fingerprint density at radius 3 is 2.80 bits per heavy atom. The summed E-state index contributed by atoms with van der Waals surface area (Å²) in [4.78, 5) is 4.00. The molecule has 0 unspecified atom stereocenters. The number of hydrogen-bond donors (Lipinski definition) is 1. The molecule has 5 heteroatoms. The van der Waals surface area contributed by atoms with Gasteiger partial charge in [-0.1, -0.05) is 23.7 Å². The van der Waals surface area contributed by atoms with Gasteiger partial charge in [0, 0.05) is 11.8 Å². The number of benzene rings is 2. The summed E-state index contributed by atoms with van der Waals surface area (Å²) in [6.07, 6.45) is 1.37. The lowest BCUT2D eigenvalue weighted by Crippen LogP contribution is -1.93. The second-order valence-corrected chi connectivity index (χ2v) is 4.37. The summed E-state index contributed by atoms with van der Waals surface area (Å²) < 4.78 is 18.9. The molecule has 0 saturated heterocycles. The van der Waals surface area contributed by atoms with E-state index >= 15 is 0 Å². The lowest BCUT2D eigenvalue weighted by molar-refractivity contribution is 0.318. The molecule has 0 fully saturated rings. The Morgan fingerprint density at radius 1 is 1.30 bits per heavy atom. The average Bonchev–Trinajstić information content (AvgIpc) is 2.44. The highest BCUT2D eigenvalue weighted by Gasteiger charge is 2.07. The quantitative estimate of drug-likeness (QED) is 0.852. The zero-order valence-corrected chi connectivity index (χ0v) is 11.6. The first kappa shape index (κ1) is 14.3. The van der Waals surface area contributed by atoms with Crippen molar-refractivity contribution in [3.05, 3.63) is 52.8 Å². The van der Waals surface area contributed by atoms with E-state index in [-0.39, 0.29) is 16.5 Å². The van der Waals surface area contributed by atoms with Gasteiger partial charge in [0.25, 0.3) is 0 Å². The van der Waals surface area contributed by atoms with E-state index in [1.807, 2.05) is 6.92 Å². The van der Waals surface area contributed by atoms with E-state index in [4.69, 9.17) is 16.3 Å². The Bertz CT molecular complexity index is 644. The van der Waals surface area contributed by atoms with Gasteiger partial charge in [-0.3, -0.25) is 4.99 Å². The van der Waals surface area contributed by atoms with Crippen LogP contribution in [0.25, 0.3) is 0 Å². The maximum atomic E-state index is 13.7. The second-order valence-electron chi connectivity index (χ2n) is 3.96. The lowest BCUT2D eigenvalue weighted by Gasteiger charge is -2.07. The molecule has 0 bridgehead atoms. The number of hydrogen-bond acceptors (Lipinski definition) is 3. The van der Waals surface area contributed by atoms with Crippen LogP contribution < -0.4 is 4.74 Å². The predicted molar refractivity (Wildman–Crippen MR) is 77.9 cm³/mol. The Labute approximate surface area is 121 Å². The summed E-state index contributed by atoms with van der Waals surface area (Å²) in [6, 6.07) is 9.58. The molecule has 0 aliphatic heterocycles. The van der Waals surface area contributed by atoms with Crippen LogP contribution in [0.5, 0.6) is 11.5 Å². The first-order chi connectivity index (χ1) is 9.63. The van der Waals surface area contributed by atoms with E-state index in [9.17, 15) is 9.50 Å². The molecule has 0 aliphatic carbocycles. The van der Waals surface area contributed by atoms with Crippen LogP contribution in [0.15, 0.2) is 41.4 Å². The van der Waals surface area contributed by atoms with Gasteiger partial charge in [-0.25, -0.2) is 4.39 Å². The monoisotopic (exact) mass is 293 g/mol. The molecule has 0 spiro atoms. The number of phenols is 1. The molecule has 0 amide bonds. The van der Waals surface area contributed by atoms with Gasteiger partial charge in [-0.05, 0) is 31.2 Å². The molecule has 0 heterocycles. The molecular weight excluding hydrogens is 281 g/mol. The van der Waals surface area contributed by atoms with Gasteiger partial charge in [-0.2, -0.15) is 0 Å². The Morgan fingerprint density at radius 2 is 2.05 bits per heavy atom. The van der Waals surface area contributed by atoms with Crippen LogP contribution in [0, 0.1) is 5.82 Å². The molecular formula is C15H13ClFNO2. The van der Waals surface area contributed by atoms with Crippen molar-refractivity contribution in [1.82, 2.24) is 0 Å². The molecule has 0 radical (unpaired) electrons. The summed E-state index contributed by atoms with van der Waals surface area (Å²) >= 11 is 5.68. The molecule has 0 aromatic heterocycles. The maximum absolute atomic E-state index is 13.7. The van der Waals surface area contributed by atoms with E-state index in [1.165, 1.54) is 18.3 Å². The highest BCUT2D eigenvalue weighted by Crippen LogP contribution is 2.30. The summed E-state index contributed by atoms with van der Waals surface area (Å²) in [6.45, 7) is 2.26. The number of ether oxygens (including phenoxy) is 1. The smallest absolute Gasteiger partial charge is 0.167 e. The van der Waals surface area contributed by atoms with Crippen LogP contribution in [-0.2, 0) is 0 Å². The zero-order valence-electron chi connectivity index (χ0n) is 10.8. The largest absolute Gasteiger partial charge is 0.504 e. The van der Waals surface area contributed by atoms with Crippen LogP contribution in [0.4, 0.5) is 10.1 Å². The fourth-order valence-corrected chi connectivity index (χ4v) is 1.82. The summed E-state index contributed by atoms with van der Waals surface area (Å²) in [7, 11) is 0. The Balaban J connectivity index is 2.32. The summed E-state index contributed by atoms with van der Waals surface area (Å²) in [5.41, 5.74) is 0.550. The molecule has 2 rings (SSSR count). The molecule has 104 valence electrons. The van der Waals surface area contributed by atoms with Crippen LogP contribution in [0.2, 0.25) is 5.02 Å². The van der Waals surface area contributed by atoms with Crippen molar-refractivity contribution in [3.8, 4) is 11.5 Å². The van der Waals surface area contributed by atoms with Gasteiger partial charge in [0.1, 0.15) is 5.69 Å². The fourth-order valence-electron chi connectivity index (χ4n) is 1.65. The molecule has 0 aliphatic rings. The van der Waals surface area contributed by atoms with E-state index in [0.717, 1.165) is 0 Å². The van der Waals surface area contributed by atoms with Crippen LogP contribution >= 0.6 is 11.6 Å². The number of aliphatic imine (C=N–C) groups is 1. The minimum atomic E-state index is -0.592. The lowest BCUT2D eigenvalue weighted by atomic mass is 10.2. The molecule has 0 saturated carbocycles. The zero-order chi connectivity index (χ0) is 14.5. The van der Waals surface area contributed by atoms with Crippen molar-refractivity contribution in [2.24, 2.45) is 4.99 Å². The molecule has 2 aromatic rings. The number of phenolic OH excluding ortho intramolecular Hbond substituents is 1. The Kier molecular flexibility index (Phi) is 4.58. The van der Waals surface area contributed by atoms with Crippen molar-refractivity contribution in [3.63, 3.8) is 0 Å². The van der Waals surface area contributed by atoms with Gasteiger partial charge >= 0.3 is 0 Å². The minimum absolute atomic E-state index is 0.00642. The third-order valence-electron chi connectivity index (χ3n) is 2.60. The number of aromatic hydroxyl groups is 1. The van der Waals surface area contributed by atoms with Crippen LogP contribution in [0.1, 0.15) is 12.5 Å². The summed E-state index contributed by atoms with van der Waals surface area (Å²) in [5, 5.41) is 9.99. The first-order valence-electron chi connectivity index (χ1n) is 6.06. The van der Waals surface area contributed by atoms with Gasteiger partial charge in [0.05, 0.1) is 11.6 Å². The van der Waals surface area contributed by atoms with Gasteiger partial charge in [0.2, 0.25) is 0 Å². The Hall–Kier alpha value is -2.07. The first-order valence-corrected chi connectivity index (χ1v) is 6.44. The van der Waals surface area contributed by atoms with Crippen molar-refractivity contribution in [2.45, 2.75) is 6.92 Å². The molecule has 0 atom stereocenters. The van der Waals surface area contributed by atoms with Gasteiger partial charge < -0.3 is 9.84 Å². The van der Waals surface area contributed by atoms with Crippen molar-refractivity contribution < 1.29 is 14.2 Å². The molecule has 1 N–H and O–H groups in total.